The Morgan fingerprint density at radius 3 is 1.52 bits per heavy atom. The number of thiophene rings is 2. The summed E-state index contributed by atoms with van der Waals surface area (Å²) in [5, 5.41) is 25.4. The smallest absolute Gasteiger partial charge is 0.339 e. The standard InChI is InChI=1S/C23H26N2O6S2/c1-23(2,9-15(26)24-19-17(21(28)29)11-5-3-7-13(11)32-19)10-16(27)25-20-18(22(30)31)12-6-4-8-14(12)33-20/h3-10H2,1-2H3,(H,24,26)(H,25,27)(H,28,29)(H,30,31). The Balaban J connectivity index is 1.40. The monoisotopic (exact) mass is 490 g/mol. The number of rotatable bonds is 8. The Hall–Kier alpha value is -2.72. The van der Waals surface area contributed by atoms with E-state index in [-0.39, 0.29) is 35.8 Å². The van der Waals surface area contributed by atoms with Crippen molar-refractivity contribution in [1.29, 1.82) is 0 Å². The van der Waals surface area contributed by atoms with Crippen LogP contribution in [0.3, 0.4) is 0 Å². The predicted octanol–water partition coefficient (Wildman–Crippen LogP) is 4.57. The summed E-state index contributed by atoms with van der Waals surface area (Å²) in [4.78, 5) is 50.9. The van der Waals surface area contributed by atoms with E-state index in [0.717, 1.165) is 46.6 Å². The number of carbonyl (C=O) groups excluding carboxylic acids is 2. The molecule has 4 rings (SSSR count). The van der Waals surface area contributed by atoms with Crippen molar-refractivity contribution >= 4 is 56.4 Å². The summed E-state index contributed by atoms with van der Waals surface area (Å²) in [6, 6.07) is 0. The van der Waals surface area contributed by atoms with Crippen LogP contribution < -0.4 is 10.6 Å². The first-order chi connectivity index (χ1) is 15.6. The number of carbonyl (C=O) groups is 4. The van der Waals surface area contributed by atoms with Gasteiger partial charge in [-0.05, 0) is 55.1 Å². The van der Waals surface area contributed by atoms with Crippen LogP contribution in [0.4, 0.5) is 10.0 Å². The molecule has 2 aromatic rings. The van der Waals surface area contributed by atoms with Crippen molar-refractivity contribution in [3.05, 3.63) is 32.0 Å². The van der Waals surface area contributed by atoms with Gasteiger partial charge < -0.3 is 20.8 Å². The van der Waals surface area contributed by atoms with Gasteiger partial charge in [0.1, 0.15) is 10.0 Å². The largest absolute Gasteiger partial charge is 0.478 e. The maximum atomic E-state index is 12.7. The normalized spacial score (nSPS) is 14.6. The molecule has 0 bridgehead atoms. The second-order valence-corrected chi connectivity index (χ2v) is 11.6. The van der Waals surface area contributed by atoms with Gasteiger partial charge in [0.25, 0.3) is 0 Å². The van der Waals surface area contributed by atoms with Gasteiger partial charge in [-0.3, -0.25) is 9.59 Å². The molecule has 10 heteroatoms. The van der Waals surface area contributed by atoms with Gasteiger partial charge >= 0.3 is 11.9 Å². The Bertz CT molecular complexity index is 1070. The molecule has 2 amide bonds. The molecule has 2 aromatic heterocycles. The van der Waals surface area contributed by atoms with Crippen LogP contribution in [0.1, 0.15) is 81.1 Å². The number of amides is 2. The first-order valence-electron chi connectivity index (χ1n) is 10.9. The van der Waals surface area contributed by atoms with Gasteiger partial charge in [-0.1, -0.05) is 13.8 Å². The number of aromatic carboxylic acids is 2. The summed E-state index contributed by atoms with van der Waals surface area (Å²) in [6.07, 6.45) is 4.96. The van der Waals surface area contributed by atoms with Gasteiger partial charge in [0, 0.05) is 22.6 Å². The molecule has 176 valence electrons. The zero-order chi connectivity index (χ0) is 23.9. The SMILES string of the molecule is CC(C)(CC(=O)Nc1sc2c(c1C(=O)O)CCC2)CC(=O)Nc1sc2c(c1C(=O)O)CCC2. The Morgan fingerprint density at radius 2 is 1.15 bits per heavy atom. The molecule has 4 N–H and O–H groups in total. The minimum absolute atomic E-state index is 0.0226. The third-order valence-electron chi connectivity index (χ3n) is 6.05. The van der Waals surface area contributed by atoms with E-state index in [4.69, 9.17) is 0 Å². The van der Waals surface area contributed by atoms with Crippen molar-refractivity contribution in [2.24, 2.45) is 5.41 Å². The van der Waals surface area contributed by atoms with Crippen LogP contribution in [0.15, 0.2) is 0 Å². The minimum atomic E-state index is -1.04. The van der Waals surface area contributed by atoms with Crippen molar-refractivity contribution in [2.75, 3.05) is 10.6 Å². The van der Waals surface area contributed by atoms with Gasteiger partial charge in [-0.15, -0.1) is 22.7 Å². The fourth-order valence-corrected chi connectivity index (χ4v) is 7.31. The summed E-state index contributed by atoms with van der Waals surface area (Å²) in [5.41, 5.74) is 1.30. The lowest BCUT2D eigenvalue weighted by molar-refractivity contribution is -0.120. The van der Waals surface area contributed by atoms with E-state index in [0.29, 0.717) is 22.8 Å². The number of nitrogens with one attached hydrogen (secondary N) is 2. The summed E-state index contributed by atoms with van der Waals surface area (Å²) in [6.45, 7) is 3.57. The zero-order valence-electron chi connectivity index (χ0n) is 18.5. The highest BCUT2D eigenvalue weighted by molar-refractivity contribution is 7.17. The summed E-state index contributed by atoms with van der Waals surface area (Å²) < 4.78 is 0. The molecule has 0 atom stereocenters. The molecule has 2 aliphatic rings. The van der Waals surface area contributed by atoms with Gasteiger partial charge in [0.15, 0.2) is 0 Å². The maximum absolute atomic E-state index is 12.7. The summed E-state index contributed by atoms with van der Waals surface area (Å²) >= 11 is 2.63. The lowest BCUT2D eigenvalue weighted by Gasteiger charge is -2.23. The van der Waals surface area contributed by atoms with E-state index < -0.39 is 17.4 Å². The molecule has 0 radical (unpaired) electrons. The molecule has 33 heavy (non-hydrogen) atoms. The fourth-order valence-electron chi connectivity index (χ4n) is 4.71. The average Bonchev–Trinajstić information content (AvgIpc) is 3.39. The second kappa shape index (κ2) is 8.90. The van der Waals surface area contributed by atoms with Gasteiger partial charge in [-0.25, -0.2) is 9.59 Å². The summed E-state index contributed by atoms with van der Waals surface area (Å²) in [5.74, 6) is -2.78. The molecule has 2 aliphatic carbocycles. The number of hydrogen-bond acceptors (Lipinski definition) is 6. The first kappa shape index (κ1) is 23.4. The van der Waals surface area contributed by atoms with Crippen LogP contribution in [-0.4, -0.2) is 34.0 Å². The Labute approximate surface area is 199 Å². The third kappa shape index (κ3) is 4.81. The van der Waals surface area contributed by atoms with Crippen LogP contribution in [-0.2, 0) is 35.3 Å². The van der Waals surface area contributed by atoms with Crippen LogP contribution in [0.5, 0.6) is 0 Å². The molecule has 8 nitrogen and oxygen atoms in total. The van der Waals surface area contributed by atoms with Crippen LogP contribution in [0.25, 0.3) is 0 Å². The number of fused-ring (bicyclic) bond motifs is 2. The van der Waals surface area contributed by atoms with E-state index in [1.807, 2.05) is 0 Å². The van der Waals surface area contributed by atoms with Gasteiger partial charge in [0.2, 0.25) is 11.8 Å². The van der Waals surface area contributed by atoms with E-state index in [1.165, 1.54) is 22.7 Å². The minimum Gasteiger partial charge on any atom is -0.478 e. The molecule has 0 aliphatic heterocycles. The highest BCUT2D eigenvalue weighted by Gasteiger charge is 2.31. The zero-order valence-corrected chi connectivity index (χ0v) is 20.1. The number of aryl methyl sites for hydroxylation is 2. The first-order valence-corrected chi connectivity index (χ1v) is 12.5. The predicted molar refractivity (Wildman–Crippen MR) is 127 cm³/mol. The molecule has 0 unspecified atom stereocenters. The van der Waals surface area contributed by atoms with Crippen molar-refractivity contribution in [3.8, 4) is 0 Å². The lowest BCUT2D eigenvalue weighted by atomic mass is 9.85. The van der Waals surface area contributed by atoms with Crippen molar-refractivity contribution < 1.29 is 29.4 Å². The fraction of sp³-hybridized carbons (Fsp3) is 0.478. The van der Waals surface area contributed by atoms with Crippen molar-refractivity contribution in [1.82, 2.24) is 0 Å². The van der Waals surface area contributed by atoms with Crippen LogP contribution >= 0.6 is 22.7 Å². The molecular weight excluding hydrogens is 464 g/mol. The molecular formula is C23H26N2O6S2. The molecule has 0 saturated heterocycles. The second-order valence-electron chi connectivity index (χ2n) is 9.35. The molecule has 0 fully saturated rings. The lowest BCUT2D eigenvalue weighted by Crippen LogP contribution is -2.27. The number of anilines is 2. The third-order valence-corrected chi connectivity index (χ3v) is 8.47. The molecule has 0 saturated carbocycles. The average molecular weight is 491 g/mol. The van der Waals surface area contributed by atoms with Crippen molar-refractivity contribution in [2.45, 2.75) is 65.2 Å². The summed E-state index contributed by atoms with van der Waals surface area (Å²) in [7, 11) is 0. The van der Waals surface area contributed by atoms with E-state index in [2.05, 4.69) is 10.6 Å². The quantitative estimate of drug-likeness (QED) is 0.429. The van der Waals surface area contributed by atoms with Gasteiger partial charge in [0.05, 0.1) is 11.1 Å². The highest BCUT2D eigenvalue weighted by Crippen LogP contribution is 2.41. The van der Waals surface area contributed by atoms with Crippen LogP contribution in [0.2, 0.25) is 0 Å². The maximum Gasteiger partial charge on any atom is 0.339 e. The Kier molecular flexibility index (Phi) is 6.32. The van der Waals surface area contributed by atoms with Crippen molar-refractivity contribution in [3.63, 3.8) is 0 Å². The number of carboxylic acid groups (broad SMARTS) is 2. The molecule has 2 heterocycles. The van der Waals surface area contributed by atoms with E-state index in [1.54, 1.807) is 13.8 Å². The number of carboxylic acids is 2. The van der Waals surface area contributed by atoms with Gasteiger partial charge in [-0.2, -0.15) is 0 Å². The molecule has 0 aromatic carbocycles. The number of hydrogen-bond donors (Lipinski definition) is 4. The van der Waals surface area contributed by atoms with E-state index >= 15 is 0 Å². The topological polar surface area (TPSA) is 133 Å². The van der Waals surface area contributed by atoms with Crippen LogP contribution in [0, 0.1) is 5.41 Å². The highest BCUT2D eigenvalue weighted by atomic mass is 32.1. The van der Waals surface area contributed by atoms with E-state index in [9.17, 15) is 29.4 Å². The molecule has 0 spiro atoms. The Morgan fingerprint density at radius 1 is 0.758 bits per heavy atom.